The van der Waals surface area contributed by atoms with E-state index in [0.717, 1.165) is 5.69 Å². The lowest BCUT2D eigenvalue weighted by molar-refractivity contribution is 0.865. The number of H-pyrrole nitrogens is 1. The highest BCUT2D eigenvalue weighted by atomic mass is 32.2. The Morgan fingerprint density at radius 3 is 2.46 bits per heavy atom. The summed E-state index contributed by atoms with van der Waals surface area (Å²) >= 11 is 1.74. The van der Waals surface area contributed by atoms with E-state index in [0.29, 0.717) is 12.1 Å². The number of aromatic nitrogens is 3. The van der Waals surface area contributed by atoms with Gasteiger partial charge >= 0.3 is 0 Å². The Morgan fingerprint density at radius 1 is 0.958 bits per heavy atom. The normalized spacial score (nSPS) is 11.0. The van der Waals surface area contributed by atoms with Gasteiger partial charge in [0.25, 0.3) is 5.56 Å². The summed E-state index contributed by atoms with van der Waals surface area (Å²) in [6.45, 7) is 0. The van der Waals surface area contributed by atoms with E-state index < -0.39 is 0 Å². The van der Waals surface area contributed by atoms with Crippen LogP contribution >= 0.6 is 11.8 Å². The van der Waals surface area contributed by atoms with E-state index in [2.05, 4.69) is 46.5 Å². The molecule has 1 N–H and O–H groups in total. The van der Waals surface area contributed by atoms with Crippen LogP contribution in [-0.4, -0.2) is 14.6 Å². The minimum Gasteiger partial charge on any atom is -0.346 e. The van der Waals surface area contributed by atoms with Crippen LogP contribution < -0.4 is 5.56 Å². The Balaban J connectivity index is 1.52. The highest BCUT2D eigenvalue weighted by Crippen LogP contribution is 2.27. The Morgan fingerprint density at radius 2 is 1.71 bits per heavy atom. The van der Waals surface area contributed by atoms with E-state index in [1.54, 1.807) is 18.0 Å². The minimum absolute atomic E-state index is 0.121. The predicted molar refractivity (Wildman–Crippen MR) is 95.6 cm³/mol. The lowest BCUT2D eigenvalue weighted by Gasteiger charge is -2.03. The van der Waals surface area contributed by atoms with Crippen LogP contribution in [0, 0.1) is 0 Å². The lowest BCUT2D eigenvalue weighted by Crippen LogP contribution is -2.12. The third kappa shape index (κ3) is 3.12. The molecule has 0 bridgehead atoms. The average Bonchev–Trinajstić information content (AvgIpc) is 3.02. The number of nitrogens with one attached hydrogen (secondary N) is 1. The number of benzene rings is 2. The summed E-state index contributed by atoms with van der Waals surface area (Å²) in [6, 6.07) is 22.2. The molecule has 0 fully saturated rings. The summed E-state index contributed by atoms with van der Waals surface area (Å²) in [5.41, 5.74) is 2.64. The molecule has 118 valence electrons. The number of aromatic amines is 1. The molecule has 0 spiro atoms. The summed E-state index contributed by atoms with van der Waals surface area (Å²) < 4.78 is 1.40. The van der Waals surface area contributed by atoms with Crippen molar-refractivity contribution < 1.29 is 0 Å². The molecule has 4 rings (SSSR count). The van der Waals surface area contributed by atoms with Gasteiger partial charge in [0.2, 0.25) is 0 Å². The number of hydrogen-bond donors (Lipinski definition) is 1. The fraction of sp³-hybridized carbons (Fsp3) is 0.0526. The van der Waals surface area contributed by atoms with Crippen LogP contribution in [0.25, 0.3) is 5.65 Å². The molecular formula is C19H15N3OS. The zero-order valence-corrected chi connectivity index (χ0v) is 13.7. The van der Waals surface area contributed by atoms with E-state index in [1.807, 2.05) is 24.3 Å². The molecule has 2 heterocycles. The SMILES string of the molecule is O=c1cc[nH]c2cc(Cc3ccc(Sc4ccccc4)cc3)nn12. The molecule has 0 aliphatic heterocycles. The highest BCUT2D eigenvalue weighted by Gasteiger charge is 2.05. The van der Waals surface area contributed by atoms with Gasteiger partial charge in [0.1, 0.15) is 5.65 Å². The van der Waals surface area contributed by atoms with Gasteiger partial charge in [-0.25, -0.2) is 0 Å². The van der Waals surface area contributed by atoms with Gasteiger partial charge in [0.15, 0.2) is 0 Å². The fourth-order valence-corrected chi connectivity index (χ4v) is 3.40. The topological polar surface area (TPSA) is 50.2 Å². The summed E-state index contributed by atoms with van der Waals surface area (Å²) in [7, 11) is 0. The van der Waals surface area contributed by atoms with Crippen LogP contribution in [0.3, 0.4) is 0 Å². The van der Waals surface area contributed by atoms with Crippen LogP contribution in [0.15, 0.2) is 87.5 Å². The van der Waals surface area contributed by atoms with E-state index in [4.69, 9.17) is 0 Å². The maximum atomic E-state index is 11.7. The first-order chi connectivity index (χ1) is 11.8. The van der Waals surface area contributed by atoms with Gasteiger partial charge in [-0.2, -0.15) is 9.61 Å². The van der Waals surface area contributed by atoms with Crippen molar-refractivity contribution in [3.8, 4) is 0 Å². The molecule has 0 amide bonds. The molecule has 2 aromatic carbocycles. The summed E-state index contributed by atoms with van der Waals surface area (Å²) in [5.74, 6) is 0. The average molecular weight is 333 g/mol. The van der Waals surface area contributed by atoms with Crippen LogP contribution in [0.1, 0.15) is 11.3 Å². The molecule has 2 aromatic heterocycles. The number of hydrogen-bond acceptors (Lipinski definition) is 3. The summed E-state index contributed by atoms with van der Waals surface area (Å²) in [5, 5.41) is 4.37. The van der Waals surface area contributed by atoms with Crippen LogP contribution in [0.5, 0.6) is 0 Å². The molecular weight excluding hydrogens is 318 g/mol. The smallest absolute Gasteiger partial charge is 0.274 e. The summed E-state index contributed by atoms with van der Waals surface area (Å²) in [4.78, 5) is 17.2. The van der Waals surface area contributed by atoms with Crippen molar-refractivity contribution in [1.82, 2.24) is 14.6 Å². The standard InChI is InChI=1S/C19H15N3OS/c23-19-10-11-20-18-13-15(21-22(18)19)12-14-6-8-17(9-7-14)24-16-4-2-1-3-5-16/h1-11,13,20H,12H2. The van der Waals surface area contributed by atoms with Gasteiger partial charge in [-0.05, 0) is 29.8 Å². The monoisotopic (exact) mass is 333 g/mol. The Bertz CT molecular complexity index is 1020. The van der Waals surface area contributed by atoms with E-state index in [9.17, 15) is 4.79 Å². The van der Waals surface area contributed by atoms with Gasteiger partial charge in [0.05, 0.1) is 5.69 Å². The van der Waals surface area contributed by atoms with Crippen molar-refractivity contribution >= 4 is 17.4 Å². The molecule has 0 atom stereocenters. The molecule has 5 heteroatoms. The first kappa shape index (κ1) is 14.8. The van der Waals surface area contributed by atoms with Crippen molar-refractivity contribution in [2.75, 3.05) is 0 Å². The summed E-state index contributed by atoms with van der Waals surface area (Å²) in [6.07, 6.45) is 2.34. The van der Waals surface area contributed by atoms with Crippen molar-refractivity contribution in [2.45, 2.75) is 16.2 Å². The van der Waals surface area contributed by atoms with E-state index in [-0.39, 0.29) is 5.56 Å². The minimum atomic E-state index is -0.121. The molecule has 0 saturated heterocycles. The number of fused-ring (bicyclic) bond motifs is 1. The van der Waals surface area contributed by atoms with Gasteiger partial charge in [-0.1, -0.05) is 42.1 Å². The van der Waals surface area contributed by atoms with Crippen LogP contribution in [-0.2, 0) is 6.42 Å². The molecule has 24 heavy (non-hydrogen) atoms. The zero-order chi connectivity index (χ0) is 16.4. The zero-order valence-electron chi connectivity index (χ0n) is 12.8. The molecule has 0 unspecified atom stereocenters. The first-order valence-corrected chi connectivity index (χ1v) is 8.48. The number of rotatable bonds is 4. The Hall–Kier alpha value is -2.79. The van der Waals surface area contributed by atoms with Gasteiger partial charge in [-0.15, -0.1) is 0 Å². The van der Waals surface area contributed by atoms with Crippen LogP contribution in [0.2, 0.25) is 0 Å². The van der Waals surface area contributed by atoms with Crippen molar-refractivity contribution in [1.29, 1.82) is 0 Å². The molecule has 4 aromatic rings. The maximum Gasteiger partial charge on any atom is 0.274 e. The van der Waals surface area contributed by atoms with Gasteiger partial charge in [-0.3, -0.25) is 4.79 Å². The fourth-order valence-electron chi connectivity index (χ4n) is 2.57. The molecule has 0 aliphatic carbocycles. The molecule has 0 saturated carbocycles. The maximum absolute atomic E-state index is 11.7. The van der Waals surface area contributed by atoms with E-state index in [1.165, 1.54) is 25.9 Å². The Labute approximate surface area is 143 Å². The molecule has 0 aliphatic rings. The van der Waals surface area contributed by atoms with Gasteiger partial charge in [0, 0.05) is 34.5 Å². The van der Waals surface area contributed by atoms with Crippen molar-refractivity contribution in [3.05, 3.63) is 94.5 Å². The molecule has 4 nitrogen and oxygen atoms in total. The molecule has 0 radical (unpaired) electrons. The quantitative estimate of drug-likeness (QED) is 0.618. The third-order valence-corrected chi connectivity index (χ3v) is 4.73. The van der Waals surface area contributed by atoms with Crippen molar-refractivity contribution in [3.63, 3.8) is 0 Å². The highest BCUT2D eigenvalue weighted by molar-refractivity contribution is 7.99. The predicted octanol–water partition coefficient (Wildman–Crippen LogP) is 3.76. The second-order valence-electron chi connectivity index (χ2n) is 5.48. The van der Waals surface area contributed by atoms with Crippen LogP contribution in [0.4, 0.5) is 0 Å². The lowest BCUT2D eigenvalue weighted by atomic mass is 10.1. The first-order valence-electron chi connectivity index (χ1n) is 7.66. The largest absolute Gasteiger partial charge is 0.346 e. The van der Waals surface area contributed by atoms with Crippen molar-refractivity contribution in [2.24, 2.45) is 0 Å². The second-order valence-corrected chi connectivity index (χ2v) is 6.63. The van der Waals surface area contributed by atoms with Gasteiger partial charge < -0.3 is 4.98 Å². The number of nitrogens with zero attached hydrogens (tertiary/aromatic N) is 2. The van der Waals surface area contributed by atoms with E-state index >= 15 is 0 Å². The second kappa shape index (κ2) is 6.37. The third-order valence-electron chi connectivity index (χ3n) is 3.71. The Kier molecular flexibility index (Phi) is 3.92.